The molecule has 0 fully saturated rings. The summed E-state index contributed by atoms with van der Waals surface area (Å²) in [5.41, 5.74) is -2.77. The van der Waals surface area contributed by atoms with Crippen LogP contribution in [0, 0.1) is 0 Å². The lowest BCUT2D eigenvalue weighted by Crippen LogP contribution is -2.43. The number of aromatic nitrogens is 2. The number of nitrogens with zero attached hydrogens (tertiary/aromatic N) is 5. The molecule has 1 N–H and O–H groups in total. The molecule has 1 unspecified atom stereocenters. The van der Waals surface area contributed by atoms with Gasteiger partial charge in [0, 0.05) is 17.8 Å². The molecule has 2 aromatic rings. The van der Waals surface area contributed by atoms with Crippen LogP contribution >= 0.6 is 11.3 Å². The average Bonchev–Trinajstić information content (AvgIpc) is 3.17. The first-order valence-electron chi connectivity index (χ1n) is 9.25. The zero-order valence-corrected chi connectivity index (χ0v) is 18.1. The van der Waals surface area contributed by atoms with E-state index in [0.29, 0.717) is 12.1 Å². The van der Waals surface area contributed by atoms with Gasteiger partial charge in [0.2, 0.25) is 0 Å². The fourth-order valence-corrected chi connectivity index (χ4v) is 4.43. The highest BCUT2D eigenvalue weighted by atomic mass is 32.2. The zero-order chi connectivity index (χ0) is 22.1. The molecule has 0 saturated heterocycles. The van der Waals surface area contributed by atoms with Crippen molar-refractivity contribution in [1.82, 2.24) is 10.2 Å². The van der Waals surface area contributed by atoms with Crippen LogP contribution in [-0.2, 0) is 16.4 Å². The van der Waals surface area contributed by atoms with Crippen molar-refractivity contribution in [2.24, 2.45) is 10.2 Å². The minimum absolute atomic E-state index is 0.0181. The second kappa shape index (κ2) is 8.46. The quantitative estimate of drug-likeness (QED) is 0.598. The summed E-state index contributed by atoms with van der Waals surface area (Å²) in [6.07, 6.45) is 2.44. The lowest BCUT2D eigenvalue weighted by Gasteiger charge is -2.42. The molecule has 1 aromatic carbocycles. The van der Waals surface area contributed by atoms with E-state index in [-0.39, 0.29) is 28.6 Å². The topological polar surface area (TPSA) is 99.9 Å². The summed E-state index contributed by atoms with van der Waals surface area (Å²) in [6.45, 7) is 6.02. The summed E-state index contributed by atoms with van der Waals surface area (Å²) < 4.78 is 64.1. The van der Waals surface area contributed by atoms with Gasteiger partial charge in [-0.3, -0.25) is 4.72 Å². The molecule has 13 heteroatoms. The van der Waals surface area contributed by atoms with Crippen LogP contribution in [0.2, 0.25) is 0 Å². The van der Waals surface area contributed by atoms with Crippen molar-refractivity contribution in [3.05, 3.63) is 23.2 Å². The van der Waals surface area contributed by atoms with Crippen molar-refractivity contribution in [3.63, 3.8) is 0 Å². The van der Waals surface area contributed by atoms with Crippen molar-refractivity contribution in [1.29, 1.82) is 0 Å². The Morgan fingerprint density at radius 1 is 1.33 bits per heavy atom. The zero-order valence-electron chi connectivity index (χ0n) is 16.5. The highest BCUT2D eigenvalue weighted by molar-refractivity contribution is 7.93. The van der Waals surface area contributed by atoms with E-state index >= 15 is 0 Å². The van der Waals surface area contributed by atoms with Gasteiger partial charge in [-0.1, -0.05) is 18.3 Å². The van der Waals surface area contributed by atoms with Crippen LogP contribution in [0.25, 0.3) is 0 Å². The molecular weight excluding hydrogens is 441 g/mol. The molecule has 0 radical (unpaired) electrons. The maximum atomic E-state index is 13.0. The van der Waals surface area contributed by atoms with E-state index in [2.05, 4.69) is 25.3 Å². The van der Waals surface area contributed by atoms with Crippen molar-refractivity contribution in [3.8, 4) is 0 Å². The Morgan fingerprint density at radius 3 is 2.63 bits per heavy atom. The summed E-state index contributed by atoms with van der Waals surface area (Å²) in [5, 5.41) is 15.3. The number of hydrogen-bond donors (Lipinski definition) is 1. The van der Waals surface area contributed by atoms with Gasteiger partial charge < -0.3 is 4.90 Å². The molecule has 0 saturated carbocycles. The van der Waals surface area contributed by atoms with E-state index in [9.17, 15) is 21.6 Å². The summed E-state index contributed by atoms with van der Waals surface area (Å²) >= 11 is 1.09. The van der Waals surface area contributed by atoms with E-state index in [0.717, 1.165) is 29.7 Å². The monoisotopic (exact) mass is 462 g/mol. The second-order valence-corrected chi connectivity index (χ2v) is 9.56. The second-order valence-electron chi connectivity index (χ2n) is 7.07. The van der Waals surface area contributed by atoms with E-state index in [1.165, 1.54) is 11.6 Å². The van der Waals surface area contributed by atoms with Crippen LogP contribution in [0.1, 0.15) is 39.2 Å². The van der Waals surface area contributed by atoms with Crippen LogP contribution in [0.15, 0.2) is 27.9 Å². The Morgan fingerprint density at radius 2 is 2.07 bits per heavy atom. The molecular formula is C17H21F3N6O2S2. The largest absolute Gasteiger partial charge is 0.516 e. The molecule has 164 valence electrons. The van der Waals surface area contributed by atoms with Gasteiger partial charge in [0.15, 0.2) is 0 Å². The van der Waals surface area contributed by atoms with Gasteiger partial charge in [0.25, 0.3) is 5.13 Å². The van der Waals surface area contributed by atoms with Crippen molar-refractivity contribution in [2.75, 3.05) is 9.62 Å². The Labute approximate surface area is 176 Å². The third kappa shape index (κ3) is 4.56. The van der Waals surface area contributed by atoms with Gasteiger partial charge in [0.05, 0.1) is 5.69 Å². The SMILES string of the molecule is CCC1CCc2cc(N=Nc3nncs3)c(NS(=O)(=O)C(F)(F)F)cc2N1C(C)C. The minimum Gasteiger partial charge on any atom is -0.366 e. The van der Waals surface area contributed by atoms with Crippen molar-refractivity contribution >= 4 is 43.6 Å². The third-order valence-corrected chi connectivity index (χ3v) is 6.46. The Hall–Kier alpha value is -2.28. The van der Waals surface area contributed by atoms with Gasteiger partial charge in [-0.15, -0.1) is 20.4 Å². The molecule has 1 atom stereocenters. The number of halogens is 3. The molecule has 0 spiro atoms. The summed E-state index contributed by atoms with van der Waals surface area (Å²) in [7, 11) is -5.62. The number of benzene rings is 1. The first-order valence-corrected chi connectivity index (χ1v) is 11.6. The lowest BCUT2D eigenvalue weighted by atomic mass is 9.92. The van der Waals surface area contributed by atoms with Gasteiger partial charge in [-0.05, 0) is 50.8 Å². The number of fused-ring (bicyclic) bond motifs is 1. The van der Waals surface area contributed by atoms with Gasteiger partial charge in [-0.25, -0.2) is 0 Å². The molecule has 1 aliphatic rings. The average molecular weight is 463 g/mol. The Bertz CT molecular complexity index is 1020. The molecule has 8 nitrogen and oxygen atoms in total. The smallest absolute Gasteiger partial charge is 0.366 e. The van der Waals surface area contributed by atoms with E-state index in [1.54, 1.807) is 10.8 Å². The van der Waals surface area contributed by atoms with E-state index in [4.69, 9.17) is 0 Å². The highest BCUT2D eigenvalue weighted by Crippen LogP contribution is 2.42. The maximum absolute atomic E-state index is 13.0. The number of rotatable bonds is 6. The predicted octanol–water partition coefficient (Wildman–Crippen LogP) is 5.15. The Kier molecular flexibility index (Phi) is 6.32. The van der Waals surface area contributed by atoms with E-state index in [1.807, 2.05) is 20.8 Å². The molecule has 1 aromatic heterocycles. The van der Waals surface area contributed by atoms with Crippen molar-refractivity contribution in [2.45, 2.75) is 57.6 Å². The number of sulfonamides is 1. The molecule has 0 amide bonds. The van der Waals surface area contributed by atoms with Crippen LogP contribution in [0.4, 0.5) is 35.4 Å². The number of azo groups is 1. The predicted molar refractivity (Wildman–Crippen MR) is 109 cm³/mol. The number of aryl methyl sites for hydroxylation is 1. The number of anilines is 2. The van der Waals surface area contributed by atoms with E-state index < -0.39 is 15.5 Å². The molecule has 0 aliphatic carbocycles. The summed E-state index contributed by atoms with van der Waals surface area (Å²) in [4.78, 5) is 2.11. The third-order valence-electron chi connectivity index (χ3n) is 4.78. The fourth-order valence-electron chi connectivity index (χ4n) is 3.49. The first kappa shape index (κ1) is 22.4. The summed E-state index contributed by atoms with van der Waals surface area (Å²) in [6, 6.07) is 3.28. The maximum Gasteiger partial charge on any atom is 0.516 e. The fraction of sp³-hybridized carbons (Fsp3) is 0.529. The molecule has 1 aliphatic heterocycles. The standard InChI is InChI=1S/C17H21F3N6O2S2/c1-4-12-6-5-11-7-13(22-24-16-23-21-9-29-16)14(8-15(11)26(12)10(2)3)25-30(27,28)17(18,19)20/h7-10,12,25H,4-6H2,1-3H3. The number of nitrogens with one attached hydrogen (secondary N) is 1. The Balaban J connectivity index is 2.12. The van der Waals surface area contributed by atoms with Crippen LogP contribution in [-0.4, -0.2) is 36.2 Å². The number of alkyl halides is 3. The number of hydrogen-bond acceptors (Lipinski definition) is 8. The first-order chi connectivity index (χ1) is 14.0. The van der Waals surface area contributed by atoms with Crippen LogP contribution in [0.5, 0.6) is 0 Å². The van der Waals surface area contributed by atoms with Crippen LogP contribution in [0.3, 0.4) is 0 Å². The lowest BCUT2D eigenvalue weighted by molar-refractivity contribution is -0.0429. The molecule has 30 heavy (non-hydrogen) atoms. The van der Waals surface area contributed by atoms with Gasteiger partial charge in [-0.2, -0.15) is 21.6 Å². The van der Waals surface area contributed by atoms with Crippen LogP contribution < -0.4 is 9.62 Å². The molecule has 3 rings (SSSR count). The molecule has 2 heterocycles. The van der Waals surface area contributed by atoms with Crippen molar-refractivity contribution < 1.29 is 21.6 Å². The highest BCUT2D eigenvalue weighted by Gasteiger charge is 2.46. The molecule has 0 bridgehead atoms. The summed E-state index contributed by atoms with van der Waals surface area (Å²) in [5.74, 6) is 0. The minimum atomic E-state index is -5.62. The van der Waals surface area contributed by atoms with Gasteiger partial charge >= 0.3 is 15.5 Å². The van der Waals surface area contributed by atoms with Gasteiger partial charge in [0.1, 0.15) is 11.2 Å². The normalized spacial score (nSPS) is 17.6.